The third-order valence-corrected chi connectivity index (χ3v) is 3.48. The molecule has 2 heterocycles. The molecule has 1 saturated heterocycles. The standard InChI is InChI=1S/C14H25N3O3/c1-3-5-15-12(10-18-2)8-14-16-13(17-20-14)7-11-4-6-19-9-11/h11-12,15H,3-10H2,1-2H3. The van der Waals surface area contributed by atoms with Crippen molar-refractivity contribution in [3.63, 3.8) is 0 Å². The van der Waals surface area contributed by atoms with Gasteiger partial charge in [0, 0.05) is 39.2 Å². The van der Waals surface area contributed by atoms with Crippen molar-refractivity contribution >= 4 is 0 Å². The van der Waals surface area contributed by atoms with E-state index in [0.717, 1.165) is 44.8 Å². The summed E-state index contributed by atoms with van der Waals surface area (Å²) in [6, 6.07) is 0.225. The fourth-order valence-corrected chi connectivity index (χ4v) is 2.41. The van der Waals surface area contributed by atoms with Gasteiger partial charge in [-0.25, -0.2) is 0 Å². The summed E-state index contributed by atoms with van der Waals surface area (Å²) in [5.41, 5.74) is 0. The molecule has 0 radical (unpaired) electrons. The minimum absolute atomic E-state index is 0.225. The molecule has 20 heavy (non-hydrogen) atoms. The lowest BCUT2D eigenvalue weighted by molar-refractivity contribution is 0.161. The van der Waals surface area contributed by atoms with Crippen LogP contribution < -0.4 is 5.32 Å². The molecule has 0 bridgehead atoms. The Morgan fingerprint density at radius 3 is 3.10 bits per heavy atom. The average Bonchev–Trinajstić information content (AvgIpc) is 3.09. The lowest BCUT2D eigenvalue weighted by Gasteiger charge is -2.15. The van der Waals surface area contributed by atoms with Crippen molar-refractivity contribution in [3.8, 4) is 0 Å². The Morgan fingerprint density at radius 1 is 1.50 bits per heavy atom. The third-order valence-electron chi connectivity index (χ3n) is 3.48. The molecule has 2 rings (SSSR count). The molecule has 1 aromatic heterocycles. The molecule has 6 heteroatoms. The summed E-state index contributed by atoms with van der Waals surface area (Å²) in [6.07, 6.45) is 3.74. The minimum atomic E-state index is 0.225. The van der Waals surface area contributed by atoms with Crippen LogP contribution >= 0.6 is 0 Å². The molecule has 1 aliphatic heterocycles. The van der Waals surface area contributed by atoms with Crippen LogP contribution in [0.15, 0.2) is 4.52 Å². The maximum absolute atomic E-state index is 5.36. The van der Waals surface area contributed by atoms with E-state index in [1.54, 1.807) is 7.11 Å². The van der Waals surface area contributed by atoms with Gasteiger partial charge in [0.15, 0.2) is 5.82 Å². The highest BCUT2D eigenvalue weighted by molar-refractivity contribution is 4.92. The third kappa shape index (κ3) is 4.85. The second kappa shape index (κ2) is 8.34. The zero-order valence-electron chi connectivity index (χ0n) is 12.4. The van der Waals surface area contributed by atoms with Crippen molar-refractivity contribution in [3.05, 3.63) is 11.7 Å². The summed E-state index contributed by atoms with van der Waals surface area (Å²) in [5, 5.41) is 7.49. The molecule has 0 saturated carbocycles. The van der Waals surface area contributed by atoms with E-state index in [4.69, 9.17) is 14.0 Å². The first-order valence-electron chi connectivity index (χ1n) is 7.43. The van der Waals surface area contributed by atoms with Crippen LogP contribution in [0.25, 0.3) is 0 Å². The highest BCUT2D eigenvalue weighted by atomic mass is 16.5. The summed E-state index contributed by atoms with van der Waals surface area (Å²) in [6.45, 7) is 5.43. The van der Waals surface area contributed by atoms with Crippen molar-refractivity contribution < 1.29 is 14.0 Å². The maximum atomic E-state index is 5.36. The summed E-state index contributed by atoms with van der Waals surface area (Å²) in [5.74, 6) is 2.01. The predicted molar refractivity (Wildman–Crippen MR) is 74.6 cm³/mol. The van der Waals surface area contributed by atoms with Gasteiger partial charge in [-0.3, -0.25) is 0 Å². The molecule has 2 unspecified atom stereocenters. The van der Waals surface area contributed by atoms with E-state index in [-0.39, 0.29) is 6.04 Å². The van der Waals surface area contributed by atoms with Gasteiger partial charge in [0.25, 0.3) is 0 Å². The summed E-state index contributed by atoms with van der Waals surface area (Å²) < 4.78 is 15.9. The van der Waals surface area contributed by atoms with Crippen LogP contribution in [-0.4, -0.2) is 49.7 Å². The van der Waals surface area contributed by atoms with Crippen LogP contribution in [0, 0.1) is 5.92 Å². The van der Waals surface area contributed by atoms with Crippen molar-refractivity contribution in [1.82, 2.24) is 15.5 Å². The number of methoxy groups -OCH3 is 1. The molecule has 0 amide bonds. The molecule has 114 valence electrons. The molecule has 0 aromatic carbocycles. The quantitative estimate of drug-likeness (QED) is 0.734. The fourth-order valence-electron chi connectivity index (χ4n) is 2.41. The molecule has 1 fully saturated rings. The molecule has 1 aromatic rings. The Morgan fingerprint density at radius 2 is 2.40 bits per heavy atom. The number of aromatic nitrogens is 2. The van der Waals surface area contributed by atoms with Crippen LogP contribution in [-0.2, 0) is 22.3 Å². The second-order valence-corrected chi connectivity index (χ2v) is 5.35. The largest absolute Gasteiger partial charge is 0.383 e. The molecule has 0 aliphatic carbocycles. The molecule has 6 nitrogen and oxygen atoms in total. The van der Waals surface area contributed by atoms with Crippen molar-refractivity contribution in [2.24, 2.45) is 5.92 Å². The number of hydrogen-bond acceptors (Lipinski definition) is 6. The Bertz CT molecular complexity index is 377. The van der Waals surface area contributed by atoms with Crippen molar-refractivity contribution in [2.75, 3.05) is 33.5 Å². The SMILES string of the molecule is CCCNC(COC)Cc1nc(CC2CCOC2)no1. The summed E-state index contributed by atoms with van der Waals surface area (Å²) in [7, 11) is 1.71. The zero-order valence-corrected chi connectivity index (χ0v) is 12.4. The van der Waals surface area contributed by atoms with Gasteiger partial charge in [-0.1, -0.05) is 12.1 Å². The number of hydrogen-bond donors (Lipinski definition) is 1. The van der Waals surface area contributed by atoms with Crippen LogP contribution in [0.5, 0.6) is 0 Å². The Hall–Kier alpha value is -0.980. The maximum Gasteiger partial charge on any atom is 0.228 e. The smallest absolute Gasteiger partial charge is 0.228 e. The molecular weight excluding hydrogens is 258 g/mol. The normalized spacial score (nSPS) is 20.4. The highest BCUT2D eigenvalue weighted by Crippen LogP contribution is 2.16. The van der Waals surface area contributed by atoms with Crippen LogP contribution in [0.2, 0.25) is 0 Å². The van der Waals surface area contributed by atoms with Crippen molar-refractivity contribution in [1.29, 1.82) is 0 Å². The van der Waals surface area contributed by atoms with Crippen LogP contribution in [0.1, 0.15) is 31.5 Å². The van der Waals surface area contributed by atoms with Gasteiger partial charge < -0.3 is 19.3 Å². The monoisotopic (exact) mass is 283 g/mol. The van der Waals surface area contributed by atoms with E-state index in [9.17, 15) is 0 Å². The number of nitrogens with one attached hydrogen (secondary N) is 1. The molecule has 1 N–H and O–H groups in total. The Balaban J connectivity index is 1.82. The number of ether oxygens (including phenoxy) is 2. The van der Waals surface area contributed by atoms with Gasteiger partial charge in [-0.15, -0.1) is 0 Å². The fraction of sp³-hybridized carbons (Fsp3) is 0.857. The summed E-state index contributed by atoms with van der Waals surface area (Å²) >= 11 is 0. The lowest BCUT2D eigenvalue weighted by Crippen LogP contribution is -2.35. The van der Waals surface area contributed by atoms with Gasteiger partial charge in [0.05, 0.1) is 6.61 Å². The first-order chi connectivity index (χ1) is 9.81. The Kier molecular flexibility index (Phi) is 6.42. The first kappa shape index (κ1) is 15.4. The molecule has 0 spiro atoms. The van der Waals surface area contributed by atoms with E-state index < -0.39 is 0 Å². The van der Waals surface area contributed by atoms with E-state index >= 15 is 0 Å². The second-order valence-electron chi connectivity index (χ2n) is 5.35. The predicted octanol–water partition coefficient (Wildman–Crippen LogP) is 1.21. The van der Waals surface area contributed by atoms with Crippen molar-refractivity contribution in [2.45, 2.75) is 38.6 Å². The van der Waals surface area contributed by atoms with E-state index in [2.05, 4.69) is 22.4 Å². The highest BCUT2D eigenvalue weighted by Gasteiger charge is 2.20. The van der Waals surface area contributed by atoms with E-state index in [1.807, 2.05) is 0 Å². The molecular formula is C14H25N3O3. The van der Waals surface area contributed by atoms with Gasteiger partial charge in [-0.05, 0) is 25.3 Å². The number of rotatable bonds is 9. The minimum Gasteiger partial charge on any atom is -0.383 e. The molecule has 2 atom stereocenters. The van der Waals surface area contributed by atoms with Gasteiger partial charge in [0.2, 0.25) is 5.89 Å². The average molecular weight is 283 g/mol. The van der Waals surface area contributed by atoms with Gasteiger partial charge >= 0.3 is 0 Å². The van der Waals surface area contributed by atoms with Crippen LogP contribution in [0.3, 0.4) is 0 Å². The van der Waals surface area contributed by atoms with Crippen LogP contribution in [0.4, 0.5) is 0 Å². The van der Waals surface area contributed by atoms with Gasteiger partial charge in [0.1, 0.15) is 0 Å². The first-order valence-corrected chi connectivity index (χ1v) is 7.43. The summed E-state index contributed by atoms with van der Waals surface area (Å²) in [4.78, 5) is 4.47. The zero-order chi connectivity index (χ0) is 14.2. The Labute approximate surface area is 120 Å². The molecule has 1 aliphatic rings. The van der Waals surface area contributed by atoms with E-state index in [1.165, 1.54) is 0 Å². The lowest BCUT2D eigenvalue weighted by atomic mass is 10.1. The van der Waals surface area contributed by atoms with Gasteiger partial charge in [-0.2, -0.15) is 4.98 Å². The number of nitrogens with zero attached hydrogens (tertiary/aromatic N) is 2. The van der Waals surface area contributed by atoms with E-state index in [0.29, 0.717) is 24.8 Å². The topological polar surface area (TPSA) is 69.4 Å².